The SMILES string of the molecule is CC(O)c1ccc(SCc2ccccc2[N+](=O)[O-])cc1. The van der Waals surface area contributed by atoms with Crippen LogP contribution in [0.15, 0.2) is 53.4 Å². The average molecular weight is 289 g/mol. The van der Waals surface area contributed by atoms with E-state index in [1.54, 1.807) is 25.1 Å². The molecule has 0 aliphatic carbocycles. The van der Waals surface area contributed by atoms with Gasteiger partial charge in [0.15, 0.2) is 0 Å². The van der Waals surface area contributed by atoms with Crippen LogP contribution in [-0.4, -0.2) is 10.0 Å². The first-order chi connectivity index (χ1) is 9.58. The van der Waals surface area contributed by atoms with Gasteiger partial charge < -0.3 is 5.11 Å². The lowest BCUT2D eigenvalue weighted by atomic mass is 10.1. The molecule has 1 N–H and O–H groups in total. The topological polar surface area (TPSA) is 63.4 Å². The van der Waals surface area contributed by atoms with Gasteiger partial charge in [-0.05, 0) is 24.6 Å². The predicted octanol–water partition coefficient (Wildman–Crippen LogP) is 3.94. The molecule has 2 aromatic carbocycles. The maximum atomic E-state index is 10.9. The zero-order valence-corrected chi connectivity index (χ0v) is 11.8. The highest BCUT2D eigenvalue weighted by molar-refractivity contribution is 7.98. The molecule has 0 fully saturated rings. The maximum absolute atomic E-state index is 10.9. The Labute approximate surface area is 121 Å². The Kier molecular flexibility index (Phi) is 4.76. The molecule has 2 aromatic rings. The minimum Gasteiger partial charge on any atom is -0.389 e. The van der Waals surface area contributed by atoms with Gasteiger partial charge in [0.2, 0.25) is 0 Å². The lowest BCUT2D eigenvalue weighted by Crippen LogP contribution is -1.93. The molecule has 5 heteroatoms. The molecule has 4 nitrogen and oxygen atoms in total. The van der Waals surface area contributed by atoms with Gasteiger partial charge >= 0.3 is 0 Å². The minimum absolute atomic E-state index is 0.153. The highest BCUT2D eigenvalue weighted by atomic mass is 32.2. The number of rotatable bonds is 5. The number of para-hydroxylation sites is 1. The van der Waals surface area contributed by atoms with Crippen molar-refractivity contribution in [3.63, 3.8) is 0 Å². The Morgan fingerprint density at radius 2 is 1.85 bits per heavy atom. The molecule has 0 spiro atoms. The monoisotopic (exact) mass is 289 g/mol. The molecule has 1 atom stereocenters. The van der Waals surface area contributed by atoms with Gasteiger partial charge in [0.1, 0.15) is 0 Å². The molecule has 0 aliphatic rings. The van der Waals surface area contributed by atoms with E-state index in [0.29, 0.717) is 11.3 Å². The zero-order chi connectivity index (χ0) is 14.5. The Morgan fingerprint density at radius 3 is 2.45 bits per heavy atom. The number of nitro benzene ring substituents is 1. The van der Waals surface area contributed by atoms with Crippen LogP contribution in [-0.2, 0) is 5.75 Å². The lowest BCUT2D eigenvalue weighted by molar-refractivity contribution is -0.385. The molecule has 20 heavy (non-hydrogen) atoms. The molecule has 0 saturated heterocycles. The van der Waals surface area contributed by atoms with Crippen LogP contribution in [0.3, 0.4) is 0 Å². The van der Waals surface area contributed by atoms with Crippen LogP contribution in [0.4, 0.5) is 5.69 Å². The van der Waals surface area contributed by atoms with E-state index in [-0.39, 0.29) is 10.6 Å². The van der Waals surface area contributed by atoms with E-state index < -0.39 is 6.10 Å². The van der Waals surface area contributed by atoms with Gasteiger partial charge in [-0.25, -0.2) is 0 Å². The number of aliphatic hydroxyl groups is 1. The summed E-state index contributed by atoms with van der Waals surface area (Å²) in [7, 11) is 0. The Hall–Kier alpha value is -1.85. The van der Waals surface area contributed by atoms with Crippen LogP contribution in [0, 0.1) is 10.1 Å². The Balaban J connectivity index is 2.07. The van der Waals surface area contributed by atoms with E-state index in [2.05, 4.69) is 0 Å². The number of hydrogen-bond acceptors (Lipinski definition) is 4. The van der Waals surface area contributed by atoms with Crippen molar-refractivity contribution in [2.45, 2.75) is 23.7 Å². The predicted molar refractivity (Wildman–Crippen MR) is 79.7 cm³/mol. The fourth-order valence-electron chi connectivity index (χ4n) is 1.81. The largest absolute Gasteiger partial charge is 0.389 e. The highest BCUT2D eigenvalue weighted by Gasteiger charge is 2.12. The third-order valence-corrected chi connectivity index (χ3v) is 4.01. The fraction of sp³-hybridized carbons (Fsp3) is 0.200. The zero-order valence-electron chi connectivity index (χ0n) is 11.0. The molecule has 104 valence electrons. The van der Waals surface area contributed by atoms with Gasteiger partial charge in [0.05, 0.1) is 11.0 Å². The van der Waals surface area contributed by atoms with E-state index in [0.717, 1.165) is 10.5 Å². The molecule has 0 bridgehead atoms. The van der Waals surface area contributed by atoms with Crippen LogP contribution in [0.2, 0.25) is 0 Å². The van der Waals surface area contributed by atoms with Crippen LogP contribution in [0.5, 0.6) is 0 Å². The summed E-state index contributed by atoms with van der Waals surface area (Å²) in [5, 5.41) is 20.4. The lowest BCUT2D eigenvalue weighted by Gasteiger charge is -2.06. The number of aliphatic hydroxyl groups excluding tert-OH is 1. The van der Waals surface area contributed by atoms with Crippen LogP contribution in [0.1, 0.15) is 24.2 Å². The van der Waals surface area contributed by atoms with Gasteiger partial charge in [-0.1, -0.05) is 30.3 Å². The molecule has 2 rings (SSSR count). The number of benzene rings is 2. The van der Waals surface area contributed by atoms with E-state index >= 15 is 0 Å². The standard InChI is InChI=1S/C15H15NO3S/c1-11(17)12-6-8-14(9-7-12)20-10-13-4-2-3-5-15(13)16(18)19/h2-9,11,17H,10H2,1H3. The van der Waals surface area contributed by atoms with E-state index in [4.69, 9.17) is 0 Å². The third-order valence-electron chi connectivity index (χ3n) is 2.95. The number of nitro groups is 1. The van der Waals surface area contributed by atoms with Gasteiger partial charge in [-0.3, -0.25) is 10.1 Å². The van der Waals surface area contributed by atoms with Gasteiger partial charge in [0, 0.05) is 22.3 Å². The van der Waals surface area contributed by atoms with Gasteiger partial charge in [-0.15, -0.1) is 11.8 Å². The second-order valence-electron chi connectivity index (χ2n) is 4.42. The summed E-state index contributed by atoms with van der Waals surface area (Å²) in [5.74, 6) is 0.547. The highest BCUT2D eigenvalue weighted by Crippen LogP contribution is 2.28. The summed E-state index contributed by atoms with van der Waals surface area (Å²) in [6.07, 6.45) is -0.482. The Morgan fingerprint density at radius 1 is 1.20 bits per heavy atom. The number of hydrogen-bond donors (Lipinski definition) is 1. The summed E-state index contributed by atoms with van der Waals surface area (Å²) >= 11 is 1.54. The summed E-state index contributed by atoms with van der Waals surface area (Å²) in [5.41, 5.74) is 1.72. The summed E-state index contributed by atoms with van der Waals surface area (Å²) < 4.78 is 0. The molecule has 0 amide bonds. The molecule has 0 radical (unpaired) electrons. The van der Waals surface area contributed by atoms with Crippen molar-refractivity contribution < 1.29 is 10.0 Å². The van der Waals surface area contributed by atoms with Crippen molar-refractivity contribution >= 4 is 17.4 Å². The van der Waals surface area contributed by atoms with Crippen molar-refractivity contribution in [2.75, 3.05) is 0 Å². The summed E-state index contributed by atoms with van der Waals surface area (Å²) in [6, 6.07) is 14.3. The smallest absolute Gasteiger partial charge is 0.273 e. The van der Waals surface area contributed by atoms with E-state index in [1.165, 1.54) is 17.8 Å². The van der Waals surface area contributed by atoms with Crippen LogP contribution >= 0.6 is 11.8 Å². The van der Waals surface area contributed by atoms with E-state index in [9.17, 15) is 15.2 Å². The van der Waals surface area contributed by atoms with Crippen molar-refractivity contribution in [1.82, 2.24) is 0 Å². The molecule has 0 aromatic heterocycles. The van der Waals surface area contributed by atoms with Crippen LogP contribution in [0.25, 0.3) is 0 Å². The third kappa shape index (κ3) is 3.59. The molecule has 0 heterocycles. The summed E-state index contributed by atoms with van der Waals surface area (Å²) in [6.45, 7) is 1.72. The minimum atomic E-state index is -0.482. The Bertz CT molecular complexity index is 596. The molecule has 0 aliphatic heterocycles. The fourth-order valence-corrected chi connectivity index (χ4v) is 2.71. The first-order valence-electron chi connectivity index (χ1n) is 6.21. The van der Waals surface area contributed by atoms with Gasteiger partial charge in [-0.2, -0.15) is 0 Å². The first-order valence-corrected chi connectivity index (χ1v) is 7.19. The first kappa shape index (κ1) is 14.6. The molecular formula is C15H15NO3S. The maximum Gasteiger partial charge on any atom is 0.273 e. The normalized spacial score (nSPS) is 12.1. The molecule has 1 unspecified atom stereocenters. The van der Waals surface area contributed by atoms with Crippen molar-refractivity contribution in [3.05, 3.63) is 69.8 Å². The van der Waals surface area contributed by atoms with E-state index in [1.807, 2.05) is 24.3 Å². The van der Waals surface area contributed by atoms with Crippen molar-refractivity contribution in [3.8, 4) is 0 Å². The van der Waals surface area contributed by atoms with Crippen molar-refractivity contribution in [2.24, 2.45) is 0 Å². The second-order valence-corrected chi connectivity index (χ2v) is 5.47. The average Bonchev–Trinajstić information content (AvgIpc) is 2.45. The number of thioether (sulfide) groups is 1. The second kappa shape index (κ2) is 6.54. The number of nitrogens with zero attached hydrogens (tertiary/aromatic N) is 1. The molecule has 0 saturated carbocycles. The van der Waals surface area contributed by atoms with Gasteiger partial charge in [0.25, 0.3) is 5.69 Å². The molecular weight excluding hydrogens is 274 g/mol. The van der Waals surface area contributed by atoms with Crippen LogP contribution < -0.4 is 0 Å². The summed E-state index contributed by atoms with van der Waals surface area (Å²) in [4.78, 5) is 11.6. The quantitative estimate of drug-likeness (QED) is 0.514. The van der Waals surface area contributed by atoms with Crippen molar-refractivity contribution in [1.29, 1.82) is 0 Å².